The second-order valence-corrected chi connectivity index (χ2v) is 13.7. The summed E-state index contributed by atoms with van der Waals surface area (Å²) in [5.74, 6) is -0.111. The van der Waals surface area contributed by atoms with Crippen LogP contribution in [-0.2, 0) is 43.6 Å². The number of carbonyl (C=O) groups excluding carboxylic acids is 5. The van der Waals surface area contributed by atoms with E-state index in [-0.39, 0.29) is 18.7 Å². The predicted molar refractivity (Wildman–Crippen MR) is 203 cm³/mol. The standard InChI is InChI=1S/C44H39N3O9/c1-4-24-45-39(49)34-36-42(52)56-37(28-15-9-6-10-16-28)35(27-13-7-5-8-14-27)47(36)38(29-19-21-30(48)22-20-29)44(34)32-25-26(18-23-33(32)46-43(44)53)12-11-17-31(40(50)54-2)41(51)55-3/h4-10,13-16,18-23,25,31,34-38,48H,1,17,24H2,2-3H3,(H,45,49)(H,46,53)/t34-,35-,36-,37+,38+,44-/m1/s1. The molecule has 1 spiro atoms. The molecule has 12 heteroatoms. The number of amides is 2. The third-order valence-electron chi connectivity index (χ3n) is 10.7. The summed E-state index contributed by atoms with van der Waals surface area (Å²) < 4.78 is 15.9. The number of esters is 3. The molecule has 0 unspecified atom stereocenters. The number of nitrogens with zero attached hydrogens (tertiary/aromatic N) is 1. The number of hydrogen-bond acceptors (Lipinski definition) is 10. The van der Waals surface area contributed by atoms with Crippen molar-refractivity contribution in [2.24, 2.45) is 11.8 Å². The van der Waals surface area contributed by atoms with Gasteiger partial charge in [-0.05, 0) is 52.6 Å². The Morgan fingerprint density at radius 3 is 2.18 bits per heavy atom. The molecule has 12 nitrogen and oxygen atoms in total. The molecule has 3 N–H and O–H groups in total. The summed E-state index contributed by atoms with van der Waals surface area (Å²) in [6.45, 7) is 3.82. The van der Waals surface area contributed by atoms with Crippen molar-refractivity contribution >= 4 is 35.4 Å². The largest absolute Gasteiger partial charge is 0.508 e. The fraction of sp³-hybridized carbons (Fsp3) is 0.250. The SMILES string of the molecule is C=CCNC(=O)[C@H]1[C@@H]2C(=O)O[C@@H](c3ccccc3)[C@@H](c3ccccc3)N2[C@@H](c2ccc(O)cc2)[C@]12C(=O)Nc1ccc(C#CCC(C(=O)OC)C(=O)OC)cc12. The molecule has 0 aliphatic carbocycles. The lowest BCUT2D eigenvalue weighted by Crippen LogP contribution is -2.54. The van der Waals surface area contributed by atoms with Crippen molar-refractivity contribution < 1.29 is 43.3 Å². The summed E-state index contributed by atoms with van der Waals surface area (Å²) >= 11 is 0. The fourth-order valence-corrected chi connectivity index (χ4v) is 8.41. The van der Waals surface area contributed by atoms with Gasteiger partial charge < -0.3 is 30.0 Å². The lowest BCUT2D eigenvalue weighted by molar-refractivity contribution is -0.178. The van der Waals surface area contributed by atoms with Crippen molar-refractivity contribution in [2.45, 2.75) is 36.1 Å². The van der Waals surface area contributed by atoms with Crippen LogP contribution in [0.2, 0.25) is 0 Å². The first kappa shape index (κ1) is 37.6. The highest BCUT2D eigenvalue weighted by atomic mass is 16.6. The molecule has 284 valence electrons. The third-order valence-corrected chi connectivity index (χ3v) is 10.7. The van der Waals surface area contributed by atoms with Crippen LogP contribution in [-0.4, -0.2) is 66.5 Å². The number of cyclic esters (lactones) is 1. The Kier molecular flexibility index (Phi) is 10.5. The minimum Gasteiger partial charge on any atom is -0.508 e. The van der Waals surface area contributed by atoms with E-state index >= 15 is 4.79 Å². The van der Waals surface area contributed by atoms with Crippen LogP contribution in [0.5, 0.6) is 5.75 Å². The van der Waals surface area contributed by atoms with Crippen LogP contribution in [0.1, 0.15) is 52.4 Å². The fourth-order valence-electron chi connectivity index (χ4n) is 8.41. The van der Waals surface area contributed by atoms with E-state index in [1.165, 1.54) is 18.2 Å². The molecule has 4 aromatic carbocycles. The lowest BCUT2D eigenvalue weighted by atomic mass is 9.65. The number of ether oxygens (including phenoxy) is 3. The van der Waals surface area contributed by atoms with Crippen molar-refractivity contribution in [3.8, 4) is 17.6 Å². The van der Waals surface area contributed by atoms with E-state index in [1.54, 1.807) is 30.3 Å². The molecule has 0 radical (unpaired) electrons. The minimum atomic E-state index is -1.77. The number of benzene rings is 4. The predicted octanol–water partition coefficient (Wildman–Crippen LogP) is 4.67. The van der Waals surface area contributed by atoms with Crippen LogP contribution in [0.25, 0.3) is 0 Å². The number of nitrogens with one attached hydrogen (secondary N) is 2. The van der Waals surface area contributed by atoms with Gasteiger partial charge in [0.1, 0.15) is 23.3 Å². The molecule has 0 saturated carbocycles. The monoisotopic (exact) mass is 753 g/mol. The number of aromatic hydroxyl groups is 1. The van der Waals surface area contributed by atoms with Gasteiger partial charge in [-0.2, -0.15) is 0 Å². The number of phenolic OH excluding ortho intramolecular Hbond substituents is 1. The van der Waals surface area contributed by atoms with Crippen molar-refractivity contribution in [3.05, 3.63) is 144 Å². The van der Waals surface area contributed by atoms with E-state index < -0.39 is 71.2 Å². The molecule has 4 aromatic rings. The number of hydrogen-bond donors (Lipinski definition) is 3. The molecule has 7 rings (SSSR count). The highest BCUT2D eigenvalue weighted by Gasteiger charge is 2.74. The van der Waals surface area contributed by atoms with Gasteiger partial charge in [0.15, 0.2) is 5.92 Å². The molecule has 3 aliphatic heterocycles. The van der Waals surface area contributed by atoms with E-state index in [1.807, 2.05) is 65.6 Å². The van der Waals surface area contributed by atoms with E-state index in [2.05, 4.69) is 29.1 Å². The van der Waals surface area contributed by atoms with Gasteiger partial charge in [0, 0.05) is 24.2 Å². The van der Waals surface area contributed by atoms with Gasteiger partial charge in [-0.3, -0.25) is 28.9 Å². The third kappa shape index (κ3) is 6.35. The number of fused-ring (bicyclic) bond motifs is 3. The van der Waals surface area contributed by atoms with E-state index in [4.69, 9.17) is 14.2 Å². The number of rotatable bonds is 9. The first-order valence-corrected chi connectivity index (χ1v) is 18.0. The Bertz CT molecular complexity index is 2230. The van der Waals surface area contributed by atoms with Crippen LogP contribution >= 0.6 is 0 Å². The zero-order valence-corrected chi connectivity index (χ0v) is 30.6. The Hall–Kier alpha value is -6.71. The minimum absolute atomic E-state index is 0.0107. The first-order chi connectivity index (χ1) is 27.1. The number of carbonyl (C=O) groups is 5. The summed E-state index contributed by atoms with van der Waals surface area (Å²) in [4.78, 5) is 71.1. The molecule has 3 aliphatic rings. The molecule has 3 heterocycles. The highest BCUT2D eigenvalue weighted by molar-refractivity contribution is 6.12. The normalized spacial score (nSPS) is 23.5. The lowest BCUT2D eigenvalue weighted by Gasteiger charge is -2.46. The maximum absolute atomic E-state index is 15.1. The van der Waals surface area contributed by atoms with Crippen LogP contribution in [0.4, 0.5) is 5.69 Å². The molecule has 56 heavy (non-hydrogen) atoms. The van der Waals surface area contributed by atoms with Gasteiger partial charge in [0.2, 0.25) is 11.8 Å². The quantitative estimate of drug-likeness (QED) is 0.0721. The second-order valence-electron chi connectivity index (χ2n) is 13.7. The summed E-state index contributed by atoms with van der Waals surface area (Å²) in [5, 5.41) is 16.3. The van der Waals surface area contributed by atoms with Crippen LogP contribution in [0.3, 0.4) is 0 Å². The molecule has 0 aromatic heterocycles. The zero-order chi connectivity index (χ0) is 39.6. The molecule has 2 fully saturated rings. The van der Waals surface area contributed by atoms with Gasteiger partial charge >= 0.3 is 17.9 Å². The van der Waals surface area contributed by atoms with Gasteiger partial charge in [-0.25, -0.2) is 0 Å². The van der Waals surface area contributed by atoms with E-state index in [0.29, 0.717) is 22.4 Å². The molecular formula is C44H39N3O9. The van der Waals surface area contributed by atoms with Gasteiger partial charge in [-0.1, -0.05) is 90.7 Å². The molecule has 0 bridgehead atoms. The molecular weight excluding hydrogens is 714 g/mol. The highest BCUT2D eigenvalue weighted by Crippen LogP contribution is 2.64. The maximum atomic E-state index is 15.1. The Labute approximate surface area is 323 Å². The van der Waals surface area contributed by atoms with Gasteiger partial charge in [-0.15, -0.1) is 6.58 Å². The van der Waals surface area contributed by atoms with Crippen molar-refractivity contribution in [2.75, 3.05) is 26.1 Å². The summed E-state index contributed by atoms with van der Waals surface area (Å²) in [6, 6.07) is 27.3. The average molecular weight is 754 g/mol. The smallest absolute Gasteiger partial charge is 0.324 e. The van der Waals surface area contributed by atoms with Crippen LogP contribution < -0.4 is 10.6 Å². The molecule has 2 saturated heterocycles. The van der Waals surface area contributed by atoms with Crippen molar-refractivity contribution in [1.82, 2.24) is 10.2 Å². The van der Waals surface area contributed by atoms with Crippen LogP contribution in [0.15, 0.2) is 116 Å². The van der Waals surface area contributed by atoms with Crippen molar-refractivity contribution in [1.29, 1.82) is 0 Å². The molecule has 6 atom stereocenters. The summed E-state index contributed by atoms with van der Waals surface area (Å²) in [7, 11) is 2.33. The van der Waals surface area contributed by atoms with Crippen LogP contribution in [0, 0.1) is 23.7 Å². The number of phenols is 1. The summed E-state index contributed by atoms with van der Waals surface area (Å²) in [5.41, 5.74) is 1.54. The van der Waals surface area contributed by atoms with Gasteiger partial charge in [0.05, 0.1) is 32.2 Å². The van der Waals surface area contributed by atoms with Crippen molar-refractivity contribution in [3.63, 3.8) is 0 Å². The summed E-state index contributed by atoms with van der Waals surface area (Å²) in [6.07, 6.45) is 0.467. The number of morpholine rings is 1. The average Bonchev–Trinajstić information content (AvgIpc) is 3.70. The zero-order valence-electron chi connectivity index (χ0n) is 30.6. The van der Waals surface area contributed by atoms with Gasteiger partial charge in [0.25, 0.3) is 0 Å². The maximum Gasteiger partial charge on any atom is 0.324 e. The van der Waals surface area contributed by atoms with E-state index in [9.17, 15) is 24.3 Å². The number of anilines is 1. The molecule has 2 amide bonds. The topological polar surface area (TPSA) is 161 Å². The Morgan fingerprint density at radius 1 is 0.911 bits per heavy atom. The first-order valence-electron chi connectivity index (χ1n) is 18.0. The number of methoxy groups -OCH3 is 2. The Morgan fingerprint density at radius 2 is 1.55 bits per heavy atom. The second kappa shape index (κ2) is 15.6. The van der Waals surface area contributed by atoms with E-state index in [0.717, 1.165) is 25.3 Å². The Balaban J connectivity index is 1.48.